The van der Waals surface area contributed by atoms with E-state index in [4.69, 9.17) is 9.47 Å². The molecule has 3 aliphatic carbocycles. The highest BCUT2D eigenvalue weighted by Gasteiger charge is 2.44. The largest absolute Gasteiger partial charge is 0.462 e. The van der Waals surface area contributed by atoms with Gasteiger partial charge < -0.3 is 14.6 Å². The molecule has 0 spiro atoms. The molecule has 0 bridgehead atoms. The second kappa shape index (κ2) is 10.0. The number of carbonyl (C=O) groups is 2. The van der Waals surface area contributed by atoms with Crippen LogP contribution in [0.5, 0.6) is 0 Å². The third-order valence-corrected chi connectivity index (χ3v) is 7.58. The summed E-state index contributed by atoms with van der Waals surface area (Å²) in [7, 11) is 0. The van der Waals surface area contributed by atoms with Gasteiger partial charge in [-0.25, -0.2) is 0 Å². The summed E-state index contributed by atoms with van der Waals surface area (Å²) in [6.07, 6.45) is 13.1. The van der Waals surface area contributed by atoms with Gasteiger partial charge in [0.1, 0.15) is 12.2 Å². The normalized spacial score (nSPS) is 32.5. The van der Waals surface area contributed by atoms with E-state index in [1.165, 1.54) is 31.4 Å². The molecule has 0 amide bonds. The van der Waals surface area contributed by atoms with Crippen molar-refractivity contribution in [1.29, 1.82) is 0 Å². The van der Waals surface area contributed by atoms with Crippen LogP contribution in [0.3, 0.4) is 0 Å². The SMILES string of the molecule is C=C1/C(=C\C=C2/CCC[C@]3(C)C(CCC(C)(C)O)=CCC23)CC(OC(C)=O)C[C@@H]1OC(C)=O. The third kappa shape index (κ3) is 6.26. The average Bonchev–Trinajstić information content (AvgIpc) is 3.03. The van der Waals surface area contributed by atoms with E-state index >= 15 is 0 Å². The number of carbonyl (C=O) groups excluding carboxylic acids is 2. The van der Waals surface area contributed by atoms with E-state index in [1.807, 2.05) is 13.8 Å². The van der Waals surface area contributed by atoms with Crippen LogP contribution in [0, 0.1) is 11.3 Å². The second-order valence-corrected chi connectivity index (χ2v) is 10.8. The minimum atomic E-state index is -0.647. The number of esters is 2. The minimum Gasteiger partial charge on any atom is -0.462 e. The number of rotatable bonds is 6. The first-order valence-corrected chi connectivity index (χ1v) is 12.2. The molecule has 0 radical (unpaired) electrons. The first-order valence-electron chi connectivity index (χ1n) is 12.2. The van der Waals surface area contributed by atoms with Gasteiger partial charge in [0.2, 0.25) is 0 Å². The second-order valence-electron chi connectivity index (χ2n) is 10.8. The first kappa shape index (κ1) is 25.5. The van der Waals surface area contributed by atoms with Crippen LogP contribution in [0.4, 0.5) is 0 Å². The van der Waals surface area contributed by atoms with Gasteiger partial charge in [0, 0.05) is 26.7 Å². The fourth-order valence-corrected chi connectivity index (χ4v) is 5.81. The molecule has 0 aliphatic heterocycles. The molecule has 2 saturated carbocycles. The molecule has 3 rings (SSSR count). The lowest BCUT2D eigenvalue weighted by atomic mass is 9.63. The van der Waals surface area contributed by atoms with E-state index in [2.05, 4.69) is 31.7 Å². The fourth-order valence-electron chi connectivity index (χ4n) is 5.81. The van der Waals surface area contributed by atoms with Crippen molar-refractivity contribution in [1.82, 2.24) is 0 Å². The number of fused-ring (bicyclic) bond motifs is 1. The van der Waals surface area contributed by atoms with Gasteiger partial charge in [-0.2, -0.15) is 0 Å². The molecule has 2 unspecified atom stereocenters. The smallest absolute Gasteiger partial charge is 0.303 e. The van der Waals surface area contributed by atoms with Crippen molar-refractivity contribution >= 4 is 11.9 Å². The molecule has 5 heteroatoms. The van der Waals surface area contributed by atoms with Gasteiger partial charge in [-0.15, -0.1) is 0 Å². The highest BCUT2D eigenvalue weighted by Crippen LogP contribution is 2.56. The van der Waals surface area contributed by atoms with Gasteiger partial charge in [-0.3, -0.25) is 9.59 Å². The summed E-state index contributed by atoms with van der Waals surface area (Å²) in [4.78, 5) is 23.1. The van der Waals surface area contributed by atoms with Crippen molar-refractivity contribution in [2.75, 3.05) is 0 Å². The van der Waals surface area contributed by atoms with Crippen LogP contribution in [-0.4, -0.2) is 34.9 Å². The number of hydrogen-bond donors (Lipinski definition) is 1. The summed E-state index contributed by atoms with van der Waals surface area (Å²) < 4.78 is 10.9. The zero-order valence-electron chi connectivity index (χ0n) is 20.9. The molecule has 182 valence electrons. The van der Waals surface area contributed by atoms with Gasteiger partial charge in [0.25, 0.3) is 0 Å². The molecule has 1 N–H and O–H groups in total. The van der Waals surface area contributed by atoms with Crippen molar-refractivity contribution in [3.8, 4) is 0 Å². The Morgan fingerprint density at radius 1 is 1.24 bits per heavy atom. The van der Waals surface area contributed by atoms with Gasteiger partial charge in [0.05, 0.1) is 5.60 Å². The lowest BCUT2D eigenvalue weighted by Crippen LogP contribution is -2.33. The summed E-state index contributed by atoms with van der Waals surface area (Å²) in [5.41, 5.74) is 4.20. The van der Waals surface area contributed by atoms with E-state index in [0.29, 0.717) is 18.8 Å². The van der Waals surface area contributed by atoms with E-state index in [0.717, 1.165) is 43.3 Å². The predicted molar refractivity (Wildman–Crippen MR) is 129 cm³/mol. The Kier molecular flexibility index (Phi) is 7.73. The monoisotopic (exact) mass is 456 g/mol. The zero-order chi connectivity index (χ0) is 24.4. The fraction of sp³-hybridized carbons (Fsp3) is 0.643. The Balaban J connectivity index is 1.80. The highest BCUT2D eigenvalue weighted by atomic mass is 16.6. The van der Waals surface area contributed by atoms with Gasteiger partial charge >= 0.3 is 11.9 Å². The van der Waals surface area contributed by atoms with Crippen molar-refractivity contribution in [3.63, 3.8) is 0 Å². The van der Waals surface area contributed by atoms with E-state index in [9.17, 15) is 14.7 Å². The van der Waals surface area contributed by atoms with Crippen LogP contribution in [0.25, 0.3) is 0 Å². The quantitative estimate of drug-likeness (QED) is 0.407. The molecule has 5 nitrogen and oxygen atoms in total. The molecular formula is C28H40O5. The third-order valence-electron chi connectivity index (χ3n) is 7.58. The number of ether oxygens (including phenoxy) is 2. The maximum absolute atomic E-state index is 11.6. The topological polar surface area (TPSA) is 72.8 Å². The number of allylic oxidation sites excluding steroid dienone is 5. The Labute approximate surface area is 198 Å². The Morgan fingerprint density at radius 3 is 2.58 bits per heavy atom. The predicted octanol–water partition coefficient (Wildman–Crippen LogP) is 5.74. The van der Waals surface area contributed by atoms with Crippen molar-refractivity contribution < 1.29 is 24.2 Å². The molecular weight excluding hydrogens is 416 g/mol. The van der Waals surface area contributed by atoms with Crippen molar-refractivity contribution in [2.24, 2.45) is 11.3 Å². The van der Waals surface area contributed by atoms with E-state index in [1.54, 1.807) is 0 Å². The maximum Gasteiger partial charge on any atom is 0.303 e. The van der Waals surface area contributed by atoms with Crippen LogP contribution >= 0.6 is 0 Å². The lowest BCUT2D eigenvalue weighted by molar-refractivity contribution is -0.152. The Bertz CT molecular complexity index is 884. The minimum absolute atomic E-state index is 0.151. The first-order chi connectivity index (χ1) is 15.4. The molecule has 0 aromatic heterocycles. The van der Waals surface area contributed by atoms with Gasteiger partial charge in [-0.1, -0.05) is 42.9 Å². The van der Waals surface area contributed by atoms with E-state index < -0.39 is 11.7 Å². The molecule has 0 aromatic carbocycles. The molecule has 3 aliphatic rings. The highest BCUT2D eigenvalue weighted by molar-refractivity contribution is 5.67. The molecule has 0 saturated heterocycles. The van der Waals surface area contributed by atoms with Gasteiger partial charge in [0.15, 0.2) is 0 Å². The molecule has 2 fully saturated rings. The van der Waals surface area contributed by atoms with Crippen LogP contribution in [0.2, 0.25) is 0 Å². The summed E-state index contributed by atoms with van der Waals surface area (Å²) in [5, 5.41) is 10.2. The summed E-state index contributed by atoms with van der Waals surface area (Å²) in [6.45, 7) is 13.1. The Morgan fingerprint density at radius 2 is 1.94 bits per heavy atom. The lowest BCUT2D eigenvalue weighted by Gasteiger charge is -2.41. The summed E-state index contributed by atoms with van der Waals surface area (Å²) in [6, 6.07) is 0. The van der Waals surface area contributed by atoms with Crippen LogP contribution in [0.15, 0.2) is 47.1 Å². The zero-order valence-corrected chi connectivity index (χ0v) is 20.9. The van der Waals surface area contributed by atoms with Crippen LogP contribution < -0.4 is 0 Å². The van der Waals surface area contributed by atoms with Crippen molar-refractivity contribution in [3.05, 3.63) is 47.1 Å². The Hall–Kier alpha value is -2.14. The summed E-state index contributed by atoms with van der Waals surface area (Å²) >= 11 is 0. The summed E-state index contributed by atoms with van der Waals surface area (Å²) in [5.74, 6) is -0.211. The number of hydrogen-bond acceptors (Lipinski definition) is 5. The van der Waals surface area contributed by atoms with Crippen LogP contribution in [0.1, 0.15) is 86.0 Å². The van der Waals surface area contributed by atoms with Gasteiger partial charge in [-0.05, 0) is 74.9 Å². The maximum atomic E-state index is 11.6. The molecule has 33 heavy (non-hydrogen) atoms. The van der Waals surface area contributed by atoms with Crippen molar-refractivity contribution in [2.45, 2.75) is 104 Å². The molecule has 0 aromatic rings. The number of aliphatic hydroxyl groups is 1. The average molecular weight is 457 g/mol. The van der Waals surface area contributed by atoms with Crippen LogP contribution in [-0.2, 0) is 19.1 Å². The molecule has 4 atom stereocenters. The van der Waals surface area contributed by atoms with E-state index in [-0.39, 0.29) is 23.5 Å². The standard InChI is InChI=1S/C28H40O5/c1-18-22(16-24(32-19(2)29)17-26(18)33-20(3)30)10-9-21-8-7-14-28(6)23(11-12-25(21)28)13-15-27(4,5)31/h9-11,24-26,31H,1,7-8,12-17H2,2-6H3/b21-9+,22-10-/t24?,25?,26-,28+/m0/s1. The molecule has 0 heterocycles.